The second-order valence-corrected chi connectivity index (χ2v) is 7.82. The molecule has 0 atom stereocenters. The fourth-order valence-electron chi connectivity index (χ4n) is 2.25. The highest BCUT2D eigenvalue weighted by atomic mass is 35.5. The number of rotatable bonds is 4. The van der Waals surface area contributed by atoms with Crippen LogP contribution in [0, 0.1) is 13.8 Å². The molecule has 0 spiro atoms. The monoisotopic (exact) mass is 390 g/mol. The molecule has 1 N–H and O–H groups in total. The molecule has 0 saturated heterocycles. The van der Waals surface area contributed by atoms with E-state index in [0.29, 0.717) is 14.8 Å². The van der Waals surface area contributed by atoms with Crippen LogP contribution in [-0.2, 0) is 10.0 Å². The van der Waals surface area contributed by atoms with Gasteiger partial charge in [-0.2, -0.15) is 8.42 Å². The number of nitrogens with one attached hydrogen (secondary N) is 1. The molecule has 1 aromatic heterocycles. The molecule has 134 valence electrons. The molecule has 26 heavy (non-hydrogen) atoms. The van der Waals surface area contributed by atoms with Gasteiger partial charge in [0, 0.05) is 0 Å². The van der Waals surface area contributed by atoms with Crippen molar-refractivity contribution in [3.8, 4) is 0 Å². The molecule has 3 aromatic rings. The van der Waals surface area contributed by atoms with Gasteiger partial charge in [-0.1, -0.05) is 41.4 Å². The van der Waals surface area contributed by atoms with E-state index in [2.05, 4.69) is 15.3 Å². The maximum Gasteiger partial charge on any atom is 0.309 e. The van der Waals surface area contributed by atoms with Crippen LogP contribution in [0.1, 0.15) is 11.3 Å². The van der Waals surface area contributed by atoms with Crippen LogP contribution in [0.25, 0.3) is 0 Å². The van der Waals surface area contributed by atoms with Crippen molar-refractivity contribution >= 4 is 33.0 Å². The Morgan fingerprint density at radius 2 is 1.65 bits per heavy atom. The Labute approximate surface area is 155 Å². The number of aromatic amines is 1. The van der Waals surface area contributed by atoms with Gasteiger partial charge in [0.25, 0.3) is 10.0 Å². The molecule has 0 aliphatic carbocycles. The summed E-state index contributed by atoms with van der Waals surface area (Å²) in [5.41, 5.74) is 0.663. The van der Waals surface area contributed by atoms with Crippen LogP contribution in [0.15, 0.2) is 68.4 Å². The molecule has 0 aliphatic heterocycles. The molecule has 0 aliphatic rings. The maximum absolute atomic E-state index is 12.7. The van der Waals surface area contributed by atoms with E-state index in [1.165, 1.54) is 12.1 Å². The number of hydrogen-bond donors (Lipinski definition) is 1. The minimum absolute atomic E-state index is 0.000965. The molecule has 0 bridgehead atoms. The molecule has 1 heterocycles. The summed E-state index contributed by atoms with van der Waals surface area (Å²) in [5.74, 6) is 0. The Morgan fingerprint density at radius 1 is 1.00 bits per heavy atom. The quantitative estimate of drug-likeness (QED) is 0.679. The van der Waals surface area contributed by atoms with Gasteiger partial charge in [0.1, 0.15) is 5.69 Å². The van der Waals surface area contributed by atoms with Gasteiger partial charge in [0.15, 0.2) is 5.69 Å². The highest BCUT2D eigenvalue weighted by Gasteiger charge is 2.23. The fraction of sp³-hybridized carbons (Fsp3) is 0.118. The van der Waals surface area contributed by atoms with Crippen LogP contribution in [0.3, 0.4) is 0 Å². The first kappa shape index (κ1) is 18.1. The van der Waals surface area contributed by atoms with Crippen molar-refractivity contribution in [1.29, 1.82) is 0 Å². The molecule has 7 nitrogen and oxygen atoms in total. The van der Waals surface area contributed by atoms with Crippen molar-refractivity contribution in [2.45, 2.75) is 18.7 Å². The topological polar surface area (TPSA) is 96.7 Å². The third-order valence-corrected chi connectivity index (χ3v) is 5.61. The van der Waals surface area contributed by atoms with Crippen LogP contribution in [-0.4, -0.2) is 17.6 Å². The van der Waals surface area contributed by atoms with Crippen molar-refractivity contribution in [3.05, 3.63) is 75.2 Å². The van der Waals surface area contributed by atoms with Crippen LogP contribution < -0.4 is 5.56 Å². The number of H-pyrrole nitrogens is 1. The van der Waals surface area contributed by atoms with Gasteiger partial charge in [-0.05, 0) is 38.1 Å². The Balaban J connectivity index is 2.05. The minimum Gasteiger partial charge on any atom is -0.283 e. The third kappa shape index (κ3) is 3.33. The number of azo groups is 1. The molecular formula is C17H15ClN4O3S. The SMILES string of the molecule is Cc1ccc(S(=O)(=O)n2[nH]c(C)c(N=Nc3ccccc3Cl)c2=O)cc1. The van der Waals surface area contributed by atoms with E-state index >= 15 is 0 Å². The van der Waals surface area contributed by atoms with Crippen LogP contribution in [0.4, 0.5) is 11.4 Å². The Hall–Kier alpha value is -2.71. The van der Waals surface area contributed by atoms with Gasteiger partial charge in [-0.25, -0.2) is 0 Å². The number of hydrogen-bond acceptors (Lipinski definition) is 5. The minimum atomic E-state index is -4.06. The number of benzene rings is 2. The molecule has 0 amide bonds. The maximum atomic E-state index is 12.7. The van der Waals surface area contributed by atoms with Crippen LogP contribution in [0.2, 0.25) is 5.02 Å². The van der Waals surface area contributed by atoms with E-state index < -0.39 is 15.6 Å². The van der Waals surface area contributed by atoms with Crippen molar-refractivity contribution in [2.24, 2.45) is 10.2 Å². The van der Waals surface area contributed by atoms with Crippen molar-refractivity contribution in [3.63, 3.8) is 0 Å². The Kier molecular flexibility index (Phi) is 4.80. The first-order valence-electron chi connectivity index (χ1n) is 7.61. The normalized spacial score (nSPS) is 12.0. The van der Waals surface area contributed by atoms with Gasteiger partial charge in [-0.15, -0.1) is 14.3 Å². The van der Waals surface area contributed by atoms with Crippen molar-refractivity contribution < 1.29 is 8.42 Å². The highest BCUT2D eigenvalue weighted by Crippen LogP contribution is 2.26. The van der Waals surface area contributed by atoms with Gasteiger partial charge in [-0.3, -0.25) is 9.89 Å². The average molecular weight is 391 g/mol. The highest BCUT2D eigenvalue weighted by molar-refractivity contribution is 7.89. The molecule has 9 heteroatoms. The molecule has 3 rings (SSSR count). The molecule has 0 unspecified atom stereocenters. The number of nitrogens with zero attached hydrogens (tertiary/aromatic N) is 3. The summed E-state index contributed by atoms with van der Waals surface area (Å²) < 4.78 is 26.0. The molecule has 0 fully saturated rings. The zero-order chi connectivity index (χ0) is 18.9. The average Bonchev–Trinajstić information content (AvgIpc) is 2.90. The second-order valence-electron chi connectivity index (χ2n) is 5.62. The fourth-order valence-corrected chi connectivity index (χ4v) is 3.68. The Bertz CT molecular complexity index is 1150. The van der Waals surface area contributed by atoms with E-state index in [0.717, 1.165) is 5.56 Å². The number of halogens is 1. The summed E-state index contributed by atoms with van der Waals surface area (Å²) in [5, 5.41) is 10.8. The number of aromatic nitrogens is 2. The summed E-state index contributed by atoms with van der Waals surface area (Å²) in [6, 6.07) is 12.9. The zero-order valence-corrected chi connectivity index (χ0v) is 15.5. The molecular weight excluding hydrogens is 376 g/mol. The lowest BCUT2D eigenvalue weighted by molar-refractivity contribution is 0.577. The molecule has 0 radical (unpaired) electrons. The summed E-state index contributed by atoms with van der Waals surface area (Å²) in [6.45, 7) is 3.39. The second kappa shape index (κ2) is 6.89. The summed E-state index contributed by atoms with van der Waals surface area (Å²) in [7, 11) is -4.06. The van der Waals surface area contributed by atoms with E-state index in [1.54, 1.807) is 43.3 Å². The van der Waals surface area contributed by atoms with E-state index in [4.69, 9.17) is 11.6 Å². The third-order valence-electron chi connectivity index (χ3n) is 3.68. The Morgan fingerprint density at radius 3 is 2.31 bits per heavy atom. The molecule has 2 aromatic carbocycles. The lowest BCUT2D eigenvalue weighted by atomic mass is 10.2. The summed E-state index contributed by atoms with van der Waals surface area (Å²) in [6.07, 6.45) is 0. The lowest BCUT2D eigenvalue weighted by Gasteiger charge is -2.04. The van der Waals surface area contributed by atoms with Crippen LogP contribution in [0.5, 0.6) is 0 Å². The zero-order valence-electron chi connectivity index (χ0n) is 14.0. The predicted molar refractivity (Wildman–Crippen MR) is 99.2 cm³/mol. The van der Waals surface area contributed by atoms with Gasteiger partial charge < -0.3 is 0 Å². The van der Waals surface area contributed by atoms with E-state index in [-0.39, 0.29) is 16.3 Å². The first-order chi connectivity index (χ1) is 12.3. The van der Waals surface area contributed by atoms with E-state index in [9.17, 15) is 13.2 Å². The van der Waals surface area contributed by atoms with Gasteiger partial charge >= 0.3 is 5.56 Å². The van der Waals surface area contributed by atoms with E-state index in [1.807, 2.05) is 6.92 Å². The smallest absolute Gasteiger partial charge is 0.283 e. The largest absolute Gasteiger partial charge is 0.309 e. The lowest BCUT2D eigenvalue weighted by Crippen LogP contribution is -2.25. The van der Waals surface area contributed by atoms with Gasteiger partial charge in [0.2, 0.25) is 0 Å². The van der Waals surface area contributed by atoms with Crippen molar-refractivity contribution in [1.82, 2.24) is 9.19 Å². The van der Waals surface area contributed by atoms with Crippen molar-refractivity contribution in [2.75, 3.05) is 0 Å². The number of aryl methyl sites for hydroxylation is 2. The van der Waals surface area contributed by atoms with Crippen LogP contribution >= 0.6 is 11.6 Å². The first-order valence-corrected chi connectivity index (χ1v) is 9.42. The summed E-state index contributed by atoms with van der Waals surface area (Å²) in [4.78, 5) is 12.5. The standard InChI is InChI=1S/C17H15ClN4O3S/c1-11-7-9-13(10-8-11)26(24,25)22-17(23)16(12(2)21-22)20-19-15-6-4-3-5-14(15)18/h3-10,21H,1-2H3. The predicted octanol–water partition coefficient (Wildman–Crippen LogP) is 4.10. The van der Waals surface area contributed by atoms with Gasteiger partial charge in [0.05, 0.1) is 15.6 Å². The summed E-state index contributed by atoms with van der Waals surface area (Å²) >= 11 is 6.00. The molecule has 0 saturated carbocycles.